The number of amides is 2. The van der Waals surface area contributed by atoms with Crippen molar-refractivity contribution in [3.8, 4) is 11.5 Å². The highest BCUT2D eigenvalue weighted by Gasteiger charge is 2.22. The molecule has 1 aromatic carbocycles. The van der Waals surface area contributed by atoms with Gasteiger partial charge in [-0.05, 0) is 39.0 Å². The number of hydrogen-bond donors (Lipinski definition) is 2. The Balaban J connectivity index is 2.09. The van der Waals surface area contributed by atoms with Gasteiger partial charge in [-0.3, -0.25) is 24.4 Å². The molecule has 0 aliphatic rings. The predicted molar refractivity (Wildman–Crippen MR) is 106 cm³/mol. The van der Waals surface area contributed by atoms with E-state index in [4.69, 9.17) is 15.2 Å². The lowest BCUT2D eigenvalue weighted by Gasteiger charge is -2.11. The van der Waals surface area contributed by atoms with E-state index in [2.05, 4.69) is 15.6 Å². The summed E-state index contributed by atoms with van der Waals surface area (Å²) in [6, 6.07) is 4.90. The Bertz CT molecular complexity index is 1010. The molecular weight excluding hydrogens is 396 g/mol. The number of hydrogen-bond acceptors (Lipinski definition) is 8. The van der Waals surface area contributed by atoms with Crippen molar-refractivity contribution in [3.63, 3.8) is 0 Å². The van der Waals surface area contributed by atoms with Gasteiger partial charge in [0.1, 0.15) is 17.9 Å². The molecule has 1 aromatic heterocycles. The third-order valence-corrected chi connectivity index (χ3v) is 4.12. The summed E-state index contributed by atoms with van der Waals surface area (Å²) < 4.78 is 11.7. The standard InChI is InChI=1S/C18H22N6O6/c1-10(13-5-6-14(15(7-13)29-4)30-9-16(19)25)20-21-17(26)8-23-12(3)18(24(27)28)11(2)22-23/h5-7H,8-9H2,1-4H3,(H2,19,25)(H,21,26)/b20-10+. The summed E-state index contributed by atoms with van der Waals surface area (Å²) in [5.74, 6) is -0.412. The van der Waals surface area contributed by atoms with Gasteiger partial charge in [0.2, 0.25) is 0 Å². The van der Waals surface area contributed by atoms with Crippen LogP contribution in [0.25, 0.3) is 0 Å². The van der Waals surface area contributed by atoms with Crippen molar-refractivity contribution in [1.82, 2.24) is 15.2 Å². The molecule has 0 unspecified atom stereocenters. The Kier molecular flexibility index (Phi) is 7.07. The quantitative estimate of drug-likeness (QED) is 0.346. The maximum Gasteiger partial charge on any atom is 0.312 e. The molecule has 30 heavy (non-hydrogen) atoms. The van der Waals surface area contributed by atoms with E-state index in [1.165, 1.54) is 25.6 Å². The molecule has 0 fully saturated rings. The van der Waals surface area contributed by atoms with Gasteiger partial charge in [0.25, 0.3) is 11.8 Å². The van der Waals surface area contributed by atoms with Gasteiger partial charge in [-0.25, -0.2) is 5.43 Å². The van der Waals surface area contributed by atoms with Gasteiger partial charge in [0.15, 0.2) is 18.1 Å². The fourth-order valence-electron chi connectivity index (χ4n) is 2.65. The number of nitrogens with zero attached hydrogens (tertiary/aromatic N) is 4. The zero-order chi connectivity index (χ0) is 22.4. The van der Waals surface area contributed by atoms with Crippen molar-refractivity contribution in [2.75, 3.05) is 13.7 Å². The third kappa shape index (κ3) is 5.31. The van der Waals surface area contributed by atoms with Crippen LogP contribution in [-0.4, -0.2) is 45.9 Å². The van der Waals surface area contributed by atoms with Gasteiger partial charge < -0.3 is 15.2 Å². The maximum atomic E-state index is 12.2. The van der Waals surface area contributed by atoms with E-state index in [1.807, 2.05) is 0 Å². The van der Waals surface area contributed by atoms with Crippen molar-refractivity contribution in [3.05, 3.63) is 45.3 Å². The van der Waals surface area contributed by atoms with E-state index in [1.54, 1.807) is 25.1 Å². The minimum absolute atomic E-state index is 0.117. The van der Waals surface area contributed by atoms with E-state index < -0.39 is 16.7 Å². The molecule has 0 aliphatic heterocycles. The van der Waals surface area contributed by atoms with E-state index >= 15 is 0 Å². The van der Waals surface area contributed by atoms with Gasteiger partial charge in [-0.1, -0.05) is 0 Å². The number of aryl methyl sites for hydroxylation is 1. The Morgan fingerprint density at radius 1 is 1.33 bits per heavy atom. The minimum Gasteiger partial charge on any atom is -0.493 e. The Morgan fingerprint density at radius 2 is 2.03 bits per heavy atom. The lowest BCUT2D eigenvalue weighted by atomic mass is 10.1. The molecular formula is C18H22N6O6. The van der Waals surface area contributed by atoms with Crippen molar-refractivity contribution >= 4 is 23.2 Å². The highest BCUT2D eigenvalue weighted by atomic mass is 16.6. The summed E-state index contributed by atoms with van der Waals surface area (Å²) in [5.41, 5.74) is 8.97. The van der Waals surface area contributed by atoms with Crippen molar-refractivity contribution < 1.29 is 24.0 Å². The Morgan fingerprint density at radius 3 is 2.60 bits per heavy atom. The molecule has 12 nitrogen and oxygen atoms in total. The number of nitrogens with one attached hydrogen (secondary N) is 1. The largest absolute Gasteiger partial charge is 0.493 e. The average molecular weight is 418 g/mol. The second kappa shape index (κ2) is 9.49. The molecule has 0 aliphatic carbocycles. The first-order valence-corrected chi connectivity index (χ1v) is 8.75. The summed E-state index contributed by atoms with van der Waals surface area (Å²) in [6.07, 6.45) is 0. The minimum atomic E-state index is -0.616. The summed E-state index contributed by atoms with van der Waals surface area (Å²) in [7, 11) is 1.44. The molecule has 0 spiro atoms. The fourth-order valence-corrected chi connectivity index (χ4v) is 2.65. The average Bonchev–Trinajstić information content (AvgIpc) is 2.97. The van der Waals surface area contributed by atoms with Crippen LogP contribution in [0, 0.1) is 24.0 Å². The molecule has 2 rings (SSSR count). The van der Waals surface area contributed by atoms with Crippen LogP contribution in [0.1, 0.15) is 23.9 Å². The van der Waals surface area contributed by atoms with E-state index in [0.717, 1.165) is 0 Å². The first kappa shape index (κ1) is 22.3. The zero-order valence-corrected chi connectivity index (χ0v) is 17.0. The van der Waals surface area contributed by atoms with Crippen LogP contribution in [-0.2, 0) is 16.1 Å². The number of methoxy groups -OCH3 is 1. The summed E-state index contributed by atoms with van der Waals surface area (Å²) in [4.78, 5) is 33.6. The van der Waals surface area contributed by atoms with Crippen LogP contribution in [0.15, 0.2) is 23.3 Å². The first-order valence-electron chi connectivity index (χ1n) is 8.75. The molecule has 0 bridgehead atoms. The van der Waals surface area contributed by atoms with Crippen LogP contribution >= 0.6 is 0 Å². The number of carbonyl (C=O) groups is 2. The number of primary amides is 1. The topological polar surface area (TPSA) is 164 Å². The van der Waals surface area contributed by atoms with Gasteiger partial charge in [0.05, 0.1) is 17.7 Å². The molecule has 0 radical (unpaired) electrons. The van der Waals surface area contributed by atoms with Crippen LogP contribution < -0.4 is 20.6 Å². The van der Waals surface area contributed by atoms with Crippen molar-refractivity contribution in [1.29, 1.82) is 0 Å². The number of carbonyl (C=O) groups excluding carboxylic acids is 2. The predicted octanol–water partition coefficient (Wildman–Crippen LogP) is 0.821. The van der Waals surface area contributed by atoms with Crippen LogP contribution in [0.5, 0.6) is 11.5 Å². The van der Waals surface area contributed by atoms with Crippen LogP contribution in [0.4, 0.5) is 5.69 Å². The molecule has 3 N–H and O–H groups in total. The number of benzene rings is 1. The number of ether oxygens (including phenoxy) is 2. The monoisotopic (exact) mass is 418 g/mol. The number of nitrogens with two attached hydrogens (primary N) is 1. The fraction of sp³-hybridized carbons (Fsp3) is 0.333. The highest BCUT2D eigenvalue weighted by Crippen LogP contribution is 2.28. The highest BCUT2D eigenvalue weighted by molar-refractivity contribution is 5.99. The molecule has 0 atom stereocenters. The van der Waals surface area contributed by atoms with Crippen molar-refractivity contribution in [2.45, 2.75) is 27.3 Å². The summed E-state index contributed by atoms with van der Waals surface area (Å²) in [6.45, 7) is 4.19. The van der Waals surface area contributed by atoms with Gasteiger partial charge >= 0.3 is 5.69 Å². The molecule has 0 saturated heterocycles. The first-order chi connectivity index (χ1) is 14.1. The maximum absolute atomic E-state index is 12.2. The third-order valence-electron chi connectivity index (χ3n) is 4.12. The lowest BCUT2D eigenvalue weighted by Crippen LogP contribution is -2.25. The van der Waals surface area contributed by atoms with E-state index in [0.29, 0.717) is 22.8 Å². The summed E-state index contributed by atoms with van der Waals surface area (Å²) in [5, 5.41) is 19.1. The second-order valence-electron chi connectivity index (χ2n) is 6.29. The number of hydrazone groups is 1. The van der Waals surface area contributed by atoms with Gasteiger partial charge in [-0.2, -0.15) is 10.2 Å². The SMILES string of the molecule is COc1cc(/C(C)=N/NC(=O)Cn2nc(C)c([N+](=O)[O-])c2C)ccc1OCC(N)=O. The number of rotatable bonds is 9. The molecule has 1 heterocycles. The molecule has 160 valence electrons. The lowest BCUT2D eigenvalue weighted by molar-refractivity contribution is -0.386. The van der Waals surface area contributed by atoms with Crippen LogP contribution in [0.3, 0.4) is 0 Å². The molecule has 0 saturated carbocycles. The number of nitro groups is 1. The summed E-state index contributed by atoms with van der Waals surface area (Å²) >= 11 is 0. The molecule has 2 amide bonds. The Hall–Kier alpha value is -3.96. The normalized spacial score (nSPS) is 11.1. The van der Waals surface area contributed by atoms with Crippen LogP contribution in [0.2, 0.25) is 0 Å². The Labute approximate surface area is 171 Å². The molecule has 2 aromatic rings. The van der Waals surface area contributed by atoms with Gasteiger partial charge in [-0.15, -0.1) is 0 Å². The number of aromatic nitrogens is 2. The molecule has 12 heteroatoms. The second-order valence-corrected chi connectivity index (χ2v) is 6.29. The van der Waals surface area contributed by atoms with E-state index in [9.17, 15) is 19.7 Å². The smallest absolute Gasteiger partial charge is 0.312 e. The zero-order valence-electron chi connectivity index (χ0n) is 17.0. The van der Waals surface area contributed by atoms with E-state index in [-0.39, 0.29) is 30.2 Å². The van der Waals surface area contributed by atoms with Crippen molar-refractivity contribution in [2.24, 2.45) is 10.8 Å². The van der Waals surface area contributed by atoms with Gasteiger partial charge in [0, 0.05) is 5.56 Å².